The Hall–Kier alpha value is -3.22. The number of allylic oxidation sites excluding steroid dienone is 3. The number of benzene rings is 1. The van der Waals surface area contributed by atoms with Crippen LogP contribution in [-0.4, -0.2) is 46.9 Å². The molecule has 168 valence electrons. The molecule has 0 bridgehead atoms. The van der Waals surface area contributed by atoms with Gasteiger partial charge >= 0.3 is 0 Å². The summed E-state index contributed by atoms with van der Waals surface area (Å²) in [6.07, 6.45) is 9.68. The highest BCUT2D eigenvalue weighted by Crippen LogP contribution is 2.34. The summed E-state index contributed by atoms with van der Waals surface area (Å²) in [7, 11) is 0. The first-order chi connectivity index (χ1) is 15.6. The second-order valence-corrected chi connectivity index (χ2v) is 8.72. The van der Waals surface area contributed by atoms with Crippen LogP contribution in [0.3, 0.4) is 0 Å². The maximum absolute atomic E-state index is 12.7. The van der Waals surface area contributed by atoms with Crippen LogP contribution in [0.2, 0.25) is 0 Å². The second kappa shape index (κ2) is 9.94. The van der Waals surface area contributed by atoms with E-state index in [1.54, 1.807) is 6.08 Å². The van der Waals surface area contributed by atoms with Crippen LogP contribution in [0.1, 0.15) is 57.1 Å². The number of fused-ring (bicyclic) bond motifs is 1. The number of amides is 1. The van der Waals surface area contributed by atoms with E-state index in [-0.39, 0.29) is 23.4 Å². The van der Waals surface area contributed by atoms with Gasteiger partial charge in [-0.25, -0.2) is 5.10 Å². The van der Waals surface area contributed by atoms with Crippen molar-refractivity contribution < 1.29 is 4.79 Å². The van der Waals surface area contributed by atoms with E-state index < -0.39 is 0 Å². The summed E-state index contributed by atoms with van der Waals surface area (Å²) < 4.78 is 0. The van der Waals surface area contributed by atoms with Gasteiger partial charge < -0.3 is 10.2 Å². The van der Waals surface area contributed by atoms with Gasteiger partial charge in [0.05, 0.1) is 11.1 Å². The van der Waals surface area contributed by atoms with Gasteiger partial charge in [-0.1, -0.05) is 18.2 Å². The highest BCUT2D eigenvalue weighted by molar-refractivity contribution is 5.94. The van der Waals surface area contributed by atoms with Crippen molar-refractivity contribution in [1.29, 1.82) is 0 Å². The predicted octanol–water partition coefficient (Wildman–Crippen LogP) is 3.65. The molecule has 0 unspecified atom stereocenters. The molecule has 1 aromatic heterocycles. The first-order valence-electron chi connectivity index (χ1n) is 11.4. The van der Waals surface area contributed by atoms with Crippen LogP contribution in [0, 0.1) is 0 Å². The Morgan fingerprint density at radius 1 is 1.16 bits per heavy atom. The summed E-state index contributed by atoms with van der Waals surface area (Å²) in [4.78, 5) is 31.1. The summed E-state index contributed by atoms with van der Waals surface area (Å²) in [6, 6.07) is 7.71. The average Bonchev–Trinajstić information content (AvgIpc) is 3.36. The van der Waals surface area contributed by atoms with Gasteiger partial charge in [-0.05, 0) is 70.4 Å². The minimum Gasteiger partial charge on any atom is -0.375 e. The van der Waals surface area contributed by atoms with E-state index in [2.05, 4.69) is 39.0 Å². The number of aromatic amines is 1. The molecule has 1 saturated heterocycles. The molecule has 1 aromatic carbocycles. The number of aliphatic imine (C=N–C) groups is 1. The van der Waals surface area contributed by atoms with Crippen LogP contribution in [0.15, 0.2) is 57.6 Å². The normalized spacial score (nSPS) is 22.2. The lowest BCUT2D eigenvalue weighted by atomic mass is 9.82. The molecular weight excluding hydrogens is 402 g/mol. The Morgan fingerprint density at radius 3 is 2.53 bits per heavy atom. The molecule has 1 saturated carbocycles. The fourth-order valence-electron chi connectivity index (χ4n) is 4.79. The molecule has 0 spiro atoms. The Bertz CT molecular complexity index is 1100. The fourth-order valence-corrected chi connectivity index (χ4v) is 4.79. The molecule has 1 aliphatic carbocycles. The van der Waals surface area contributed by atoms with Crippen LogP contribution in [0.4, 0.5) is 0 Å². The topological polar surface area (TPSA) is 90.4 Å². The number of carbonyl (C=O) groups excluding carboxylic acids is 1. The average molecular weight is 434 g/mol. The highest BCUT2D eigenvalue weighted by atomic mass is 16.2. The number of H-pyrrole nitrogens is 1. The Balaban J connectivity index is 1.37. The molecule has 2 N–H and O–H groups in total. The van der Waals surface area contributed by atoms with Crippen LogP contribution in [0.5, 0.6) is 0 Å². The summed E-state index contributed by atoms with van der Waals surface area (Å²) in [5, 5.41) is 11.7. The third-order valence-electron chi connectivity index (χ3n) is 6.66. The summed E-state index contributed by atoms with van der Waals surface area (Å²) in [6.45, 7) is 7.79. The predicted molar refractivity (Wildman–Crippen MR) is 128 cm³/mol. The van der Waals surface area contributed by atoms with Gasteiger partial charge in [0.2, 0.25) is 0 Å². The van der Waals surface area contributed by atoms with Crippen molar-refractivity contribution in [3.63, 3.8) is 0 Å². The zero-order valence-corrected chi connectivity index (χ0v) is 18.6. The lowest BCUT2D eigenvalue weighted by Gasteiger charge is -2.29. The molecule has 1 aliphatic heterocycles. The number of carbonyl (C=O) groups is 1. The van der Waals surface area contributed by atoms with Gasteiger partial charge in [0.25, 0.3) is 11.5 Å². The number of hydrogen-bond acceptors (Lipinski definition) is 5. The zero-order chi connectivity index (χ0) is 22.5. The number of rotatable bonds is 6. The number of hydrogen-bond donors (Lipinski definition) is 2. The third-order valence-corrected chi connectivity index (χ3v) is 6.66. The number of aromatic nitrogens is 2. The number of nitrogens with zero attached hydrogens (tertiary/aromatic N) is 3. The summed E-state index contributed by atoms with van der Waals surface area (Å²) in [5.41, 5.74) is 2.29. The molecule has 4 rings (SSSR count). The number of likely N-dealkylation sites (tertiary alicyclic amines) is 1. The monoisotopic (exact) mass is 433 g/mol. The van der Waals surface area contributed by atoms with Gasteiger partial charge in [0, 0.05) is 36.1 Å². The fraction of sp³-hybridized carbons (Fsp3) is 0.440. The molecule has 2 heterocycles. The van der Waals surface area contributed by atoms with E-state index in [4.69, 9.17) is 0 Å². The smallest absolute Gasteiger partial charge is 0.272 e. The summed E-state index contributed by atoms with van der Waals surface area (Å²) in [5.74, 6) is 0.0880. The van der Waals surface area contributed by atoms with Gasteiger partial charge in [0.15, 0.2) is 0 Å². The van der Waals surface area contributed by atoms with E-state index in [0.717, 1.165) is 55.5 Å². The highest BCUT2D eigenvalue weighted by Gasteiger charge is 2.26. The first-order valence-corrected chi connectivity index (χ1v) is 11.4. The molecule has 2 fully saturated rings. The van der Waals surface area contributed by atoms with Gasteiger partial charge in [0.1, 0.15) is 5.70 Å². The zero-order valence-electron chi connectivity index (χ0n) is 18.6. The van der Waals surface area contributed by atoms with Crippen molar-refractivity contribution in [2.24, 2.45) is 4.99 Å². The van der Waals surface area contributed by atoms with Crippen molar-refractivity contribution in [3.05, 3.63) is 63.9 Å². The lowest BCUT2D eigenvalue weighted by Crippen LogP contribution is -2.38. The van der Waals surface area contributed by atoms with E-state index in [0.29, 0.717) is 11.1 Å². The SMILES string of the molecule is C=N/C(=C\C=C(/C)N1CCCC1)C(=O)N[C@H]1CC[C@H](c2n[nH]c(=O)c3ccccc32)CC1. The standard InChI is InChI=1S/C25H31N5O2/c1-17(30-15-5-6-16-30)9-14-22(26-2)25(32)27-19-12-10-18(11-13-19)23-20-7-3-4-8-21(20)24(31)29-28-23/h3-4,7-9,14,18-19H,2,5-6,10-13,15-16H2,1H3,(H,27,32)(H,29,31)/b17-9+,22-14-/t18-,19-. The molecule has 0 radical (unpaired) electrons. The second-order valence-electron chi connectivity index (χ2n) is 8.72. The Morgan fingerprint density at radius 2 is 1.84 bits per heavy atom. The van der Waals surface area contributed by atoms with Crippen LogP contribution in [0.25, 0.3) is 10.8 Å². The quantitative estimate of drug-likeness (QED) is 0.413. The maximum atomic E-state index is 12.7. The van der Waals surface area contributed by atoms with Crippen molar-refractivity contribution in [2.45, 2.75) is 57.4 Å². The minimum atomic E-state index is -0.179. The molecule has 7 heteroatoms. The van der Waals surface area contributed by atoms with E-state index in [9.17, 15) is 9.59 Å². The van der Waals surface area contributed by atoms with Gasteiger partial charge in [-0.3, -0.25) is 14.6 Å². The molecule has 2 aliphatic rings. The third kappa shape index (κ3) is 4.82. The van der Waals surface area contributed by atoms with Crippen molar-refractivity contribution in [2.75, 3.05) is 13.1 Å². The van der Waals surface area contributed by atoms with E-state index in [1.807, 2.05) is 30.3 Å². The molecule has 32 heavy (non-hydrogen) atoms. The first kappa shape index (κ1) is 22.0. The van der Waals surface area contributed by atoms with Crippen LogP contribution < -0.4 is 10.9 Å². The Labute approximate surface area is 188 Å². The minimum absolute atomic E-state index is 0.0987. The molecule has 0 atom stereocenters. The molecule has 1 amide bonds. The molecule has 7 nitrogen and oxygen atoms in total. The molecule has 2 aromatic rings. The van der Waals surface area contributed by atoms with Gasteiger partial charge in [-0.2, -0.15) is 5.10 Å². The van der Waals surface area contributed by atoms with E-state index in [1.165, 1.54) is 12.8 Å². The maximum Gasteiger partial charge on any atom is 0.272 e. The van der Waals surface area contributed by atoms with Crippen molar-refractivity contribution in [1.82, 2.24) is 20.4 Å². The Kier molecular flexibility index (Phi) is 6.83. The largest absolute Gasteiger partial charge is 0.375 e. The lowest BCUT2D eigenvalue weighted by molar-refractivity contribution is -0.118. The van der Waals surface area contributed by atoms with Crippen LogP contribution >= 0.6 is 0 Å². The van der Waals surface area contributed by atoms with Crippen LogP contribution in [-0.2, 0) is 4.79 Å². The van der Waals surface area contributed by atoms with Crippen molar-refractivity contribution in [3.8, 4) is 0 Å². The summed E-state index contributed by atoms with van der Waals surface area (Å²) >= 11 is 0. The number of nitrogens with one attached hydrogen (secondary N) is 2. The van der Waals surface area contributed by atoms with Gasteiger partial charge in [-0.15, -0.1) is 0 Å². The molecular formula is C25H31N5O2. The van der Waals surface area contributed by atoms with E-state index >= 15 is 0 Å². The van der Waals surface area contributed by atoms with Crippen molar-refractivity contribution >= 4 is 23.4 Å².